The van der Waals surface area contributed by atoms with E-state index in [4.69, 9.17) is 0 Å². The van der Waals surface area contributed by atoms with Gasteiger partial charge in [0.1, 0.15) is 11.6 Å². The first-order chi connectivity index (χ1) is 9.49. The molecule has 1 unspecified atom stereocenters. The van der Waals surface area contributed by atoms with Crippen molar-refractivity contribution in [3.05, 3.63) is 70.3 Å². The molecule has 0 saturated carbocycles. The first-order valence-corrected chi connectivity index (χ1v) is 6.69. The summed E-state index contributed by atoms with van der Waals surface area (Å²) in [6, 6.07) is 9.96. The third-order valence-corrected chi connectivity index (χ3v) is 3.52. The maximum atomic E-state index is 13.3. The highest BCUT2D eigenvalue weighted by Crippen LogP contribution is 2.23. The molecule has 0 radical (unpaired) electrons. The van der Waals surface area contributed by atoms with Gasteiger partial charge in [0, 0.05) is 12.1 Å². The summed E-state index contributed by atoms with van der Waals surface area (Å²) in [7, 11) is 1.86. The zero-order valence-corrected chi connectivity index (χ0v) is 12.0. The Morgan fingerprint density at radius 2 is 1.65 bits per heavy atom. The summed E-state index contributed by atoms with van der Waals surface area (Å²) in [4.78, 5) is 0. The Morgan fingerprint density at radius 3 is 2.25 bits per heavy atom. The molecule has 1 atom stereocenters. The van der Waals surface area contributed by atoms with Gasteiger partial charge < -0.3 is 5.32 Å². The fraction of sp³-hybridized carbons (Fsp3) is 0.294. The fourth-order valence-electron chi connectivity index (χ4n) is 2.47. The summed E-state index contributed by atoms with van der Waals surface area (Å²) in [5, 5.41) is 3.23. The number of nitrogens with one attached hydrogen (secondary N) is 1. The van der Waals surface area contributed by atoms with Crippen molar-refractivity contribution in [1.29, 1.82) is 0 Å². The summed E-state index contributed by atoms with van der Waals surface area (Å²) in [5.41, 5.74) is 4.17. The molecular formula is C17H19F2N. The van der Waals surface area contributed by atoms with Crippen LogP contribution < -0.4 is 5.32 Å². The zero-order valence-electron chi connectivity index (χ0n) is 12.0. The van der Waals surface area contributed by atoms with Crippen molar-refractivity contribution >= 4 is 0 Å². The molecule has 0 aliphatic rings. The molecule has 3 heteroatoms. The van der Waals surface area contributed by atoms with Crippen molar-refractivity contribution in [1.82, 2.24) is 5.32 Å². The average Bonchev–Trinajstić information content (AvgIpc) is 2.38. The van der Waals surface area contributed by atoms with E-state index in [1.807, 2.05) is 20.9 Å². The highest BCUT2D eigenvalue weighted by Gasteiger charge is 2.14. The van der Waals surface area contributed by atoms with Crippen LogP contribution in [0.1, 0.15) is 28.3 Å². The van der Waals surface area contributed by atoms with Gasteiger partial charge in [-0.3, -0.25) is 0 Å². The van der Waals surface area contributed by atoms with Gasteiger partial charge >= 0.3 is 0 Å². The molecule has 20 heavy (non-hydrogen) atoms. The highest BCUT2D eigenvalue weighted by atomic mass is 19.1. The molecule has 0 bridgehead atoms. The van der Waals surface area contributed by atoms with E-state index in [9.17, 15) is 8.78 Å². The van der Waals surface area contributed by atoms with Gasteiger partial charge in [0.2, 0.25) is 0 Å². The molecule has 0 amide bonds. The van der Waals surface area contributed by atoms with Gasteiger partial charge in [-0.2, -0.15) is 0 Å². The van der Waals surface area contributed by atoms with Gasteiger partial charge in [-0.05, 0) is 56.1 Å². The Morgan fingerprint density at radius 1 is 1.00 bits per heavy atom. The Labute approximate surface area is 118 Å². The maximum absolute atomic E-state index is 13.3. The number of likely N-dealkylation sites (N-methyl/N-ethyl adjacent to an activating group) is 1. The Balaban J connectivity index is 2.31. The van der Waals surface area contributed by atoms with Crippen LogP contribution in [0.5, 0.6) is 0 Å². The number of halogens is 2. The smallest absolute Gasteiger partial charge is 0.126 e. The Kier molecular flexibility index (Phi) is 4.50. The van der Waals surface area contributed by atoms with Gasteiger partial charge in [0.15, 0.2) is 0 Å². The van der Waals surface area contributed by atoms with Gasteiger partial charge in [0.05, 0.1) is 0 Å². The zero-order chi connectivity index (χ0) is 14.7. The number of hydrogen-bond acceptors (Lipinski definition) is 1. The van der Waals surface area contributed by atoms with Crippen LogP contribution in [0.3, 0.4) is 0 Å². The summed E-state index contributed by atoms with van der Waals surface area (Å²) >= 11 is 0. The third-order valence-electron chi connectivity index (χ3n) is 3.52. The van der Waals surface area contributed by atoms with Gasteiger partial charge in [0.25, 0.3) is 0 Å². The number of benzene rings is 2. The Hall–Kier alpha value is -1.74. The van der Waals surface area contributed by atoms with Crippen LogP contribution in [0.4, 0.5) is 8.78 Å². The van der Waals surface area contributed by atoms with Crippen molar-refractivity contribution in [3.63, 3.8) is 0 Å². The molecule has 0 heterocycles. The van der Waals surface area contributed by atoms with E-state index < -0.39 is 11.6 Å². The molecular weight excluding hydrogens is 256 g/mol. The molecule has 0 fully saturated rings. The normalized spacial score (nSPS) is 12.4. The van der Waals surface area contributed by atoms with Crippen molar-refractivity contribution in [2.45, 2.75) is 26.3 Å². The number of rotatable bonds is 4. The van der Waals surface area contributed by atoms with Crippen LogP contribution in [0, 0.1) is 25.5 Å². The molecule has 2 rings (SSSR count). The minimum atomic E-state index is -0.532. The lowest BCUT2D eigenvalue weighted by molar-refractivity contribution is 0.561. The lowest BCUT2D eigenvalue weighted by atomic mass is 9.94. The summed E-state index contributed by atoms with van der Waals surface area (Å²) in [6.45, 7) is 4.09. The largest absolute Gasteiger partial charge is 0.313 e. The third kappa shape index (κ3) is 3.42. The van der Waals surface area contributed by atoms with E-state index in [1.54, 1.807) is 0 Å². The van der Waals surface area contributed by atoms with Crippen molar-refractivity contribution in [2.24, 2.45) is 0 Å². The monoisotopic (exact) mass is 275 g/mol. The quantitative estimate of drug-likeness (QED) is 0.886. The van der Waals surface area contributed by atoms with Crippen LogP contribution in [-0.2, 0) is 6.42 Å². The number of hydrogen-bond donors (Lipinski definition) is 1. The molecule has 0 spiro atoms. The molecule has 106 valence electrons. The van der Waals surface area contributed by atoms with Crippen LogP contribution in [-0.4, -0.2) is 7.05 Å². The minimum Gasteiger partial charge on any atom is -0.313 e. The van der Waals surface area contributed by atoms with Gasteiger partial charge in [-0.1, -0.05) is 23.8 Å². The van der Waals surface area contributed by atoms with E-state index in [1.165, 1.54) is 23.3 Å². The second-order valence-corrected chi connectivity index (χ2v) is 5.18. The lowest BCUT2D eigenvalue weighted by Crippen LogP contribution is -2.20. The first-order valence-electron chi connectivity index (χ1n) is 6.69. The molecule has 1 nitrogen and oxygen atoms in total. The van der Waals surface area contributed by atoms with Crippen molar-refractivity contribution < 1.29 is 8.78 Å². The predicted octanol–water partition coefficient (Wildman–Crippen LogP) is 4.08. The molecule has 0 aromatic heterocycles. The lowest BCUT2D eigenvalue weighted by Gasteiger charge is -2.20. The second kappa shape index (κ2) is 6.14. The van der Waals surface area contributed by atoms with Crippen LogP contribution in [0.25, 0.3) is 0 Å². The van der Waals surface area contributed by atoms with Crippen LogP contribution in [0.2, 0.25) is 0 Å². The topological polar surface area (TPSA) is 12.0 Å². The summed E-state index contributed by atoms with van der Waals surface area (Å²) < 4.78 is 26.5. The second-order valence-electron chi connectivity index (χ2n) is 5.18. The van der Waals surface area contributed by atoms with E-state index >= 15 is 0 Å². The van der Waals surface area contributed by atoms with E-state index in [0.717, 1.165) is 11.6 Å². The highest BCUT2D eigenvalue weighted by molar-refractivity contribution is 5.34. The van der Waals surface area contributed by atoms with E-state index in [-0.39, 0.29) is 6.04 Å². The molecule has 2 aromatic carbocycles. The minimum absolute atomic E-state index is 0.0381. The first kappa shape index (κ1) is 14.7. The molecule has 2 aromatic rings. The Bertz CT molecular complexity index is 588. The molecule has 1 N–H and O–H groups in total. The molecule has 0 aliphatic heterocycles. The van der Waals surface area contributed by atoms with E-state index in [0.29, 0.717) is 12.0 Å². The molecule has 0 aliphatic carbocycles. The maximum Gasteiger partial charge on any atom is 0.126 e. The number of aryl methyl sites for hydroxylation is 2. The predicted molar refractivity (Wildman–Crippen MR) is 77.8 cm³/mol. The summed E-state index contributed by atoms with van der Waals surface area (Å²) in [6.07, 6.45) is 0.551. The molecule has 0 saturated heterocycles. The van der Waals surface area contributed by atoms with Crippen molar-refractivity contribution in [3.8, 4) is 0 Å². The van der Waals surface area contributed by atoms with Gasteiger partial charge in [-0.15, -0.1) is 0 Å². The SMILES string of the molecule is CNC(Cc1cc(F)cc(F)c1)c1cc(C)ccc1C. The van der Waals surface area contributed by atoms with Gasteiger partial charge in [-0.25, -0.2) is 8.78 Å². The van der Waals surface area contributed by atoms with Crippen LogP contribution in [0.15, 0.2) is 36.4 Å². The van der Waals surface area contributed by atoms with E-state index in [2.05, 4.69) is 23.5 Å². The average molecular weight is 275 g/mol. The fourth-order valence-corrected chi connectivity index (χ4v) is 2.47. The summed E-state index contributed by atoms with van der Waals surface area (Å²) in [5.74, 6) is -1.06. The standard InChI is InChI=1S/C17H19F2N/c1-11-4-5-12(2)16(6-11)17(20-3)9-13-7-14(18)10-15(19)8-13/h4-8,10,17,20H,9H2,1-3H3. The van der Waals surface area contributed by atoms with Crippen LogP contribution >= 0.6 is 0 Å². The van der Waals surface area contributed by atoms with Crippen molar-refractivity contribution in [2.75, 3.05) is 7.05 Å².